The molecule has 46 valence electrons. The van der Waals surface area contributed by atoms with Gasteiger partial charge in [-0.1, -0.05) is 0 Å². The van der Waals surface area contributed by atoms with Crippen molar-refractivity contribution in [1.29, 1.82) is 0 Å². The van der Waals surface area contributed by atoms with Gasteiger partial charge in [0.05, 0.1) is 6.54 Å². The fourth-order valence-corrected chi connectivity index (χ4v) is 0.223. The Bertz CT molecular complexity index is 119. The second-order valence-electron chi connectivity index (χ2n) is 1.24. The third-order valence-electron chi connectivity index (χ3n) is 0.518. The zero-order valence-electron chi connectivity index (χ0n) is 4.29. The average Bonchev–Trinajstić information content (AvgIpc) is 1.65. The number of nitrogens with two attached hydrogens (primary N) is 2. The lowest BCUT2D eigenvalue weighted by molar-refractivity contribution is -0.113. The highest BCUT2D eigenvalue weighted by atomic mass is 16.3. The number of hydrogen-bond acceptors (Lipinski definition) is 3. The van der Waals surface area contributed by atoms with Gasteiger partial charge in [-0.3, -0.25) is 4.79 Å². The third kappa shape index (κ3) is 3.17. The first-order chi connectivity index (χ1) is 3.66. The molecule has 8 heavy (non-hydrogen) atoms. The topological polar surface area (TPSA) is 89.3 Å². The number of hydrogen-bond donors (Lipinski definition) is 3. The molecule has 0 bridgehead atoms. The summed E-state index contributed by atoms with van der Waals surface area (Å²) in [4.78, 5) is 9.90. The minimum atomic E-state index is -0.687. The number of carbonyl (C=O) groups excluding carboxylic acids is 1. The van der Waals surface area contributed by atoms with Crippen LogP contribution in [0.1, 0.15) is 0 Å². The van der Waals surface area contributed by atoms with Crippen molar-refractivity contribution in [2.75, 3.05) is 6.54 Å². The van der Waals surface area contributed by atoms with Crippen molar-refractivity contribution in [2.45, 2.75) is 0 Å². The summed E-state index contributed by atoms with van der Waals surface area (Å²) in [5, 5.41) is 8.46. The Morgan fingerprint density at radius 3 is 2.38 bits per heavy atom. The first-order valence-corrected chi connectivity index (χ1v) is 2.06. The summed E-state index contributed by atoms with van der Waals surface area (Å²) in [5.74, 6) is -0.884. The molecule has 0 saturated carbocycles. The Kier molecular flexibility index (Phi) is 2.64. The summed E-state index contributed by atoms with van der Waals surface area (Å²) in [6, 6.07) is 0. The molecule has 0 aliphatic carbocycles. The van der Waals surface area contributed by atoms with Gasteiger partial charge in [0, 0.05) is 6.08 Å². The summed E-state index contributed by atoms with van der Waals surface area (Å²) in [7, 11) is 0. The molecule has 0 atom stereocenters. The van der Waals surface area contributed by atoms with E-state index in [1.54, 1.807) is 0 Å². The fourth-order valence-electron chi connectivity index (χ4n) is 0.223. The Morgan fingerprint density at radius 1 is 1.75 bits per heavy atom. The lowest BCUT2D eigenvalue weighted by atomic mass is 10.4. The summed E-state index contributed by atoms with van der Waals surface area (Å²) in [6.45, 7) is -0.0526. The molecule has 0 unspecified atom stereocenters. The van der Waals surface area contributed by atoms with Crippen LogP contribution in [0.4, 0.5) is 0 Å². The summed E-state index contributed by atoms with van der Waals surface area (Å²) in [6.07, 6.45) is 0.875. The minimum Gasteiger partial charge on any atom is -0.511 e. The van der Waals surface area contributed by atoms with Crippen LogP contribution in [-0.4, -0.2) is 17.6 Å². The van der Waals surface area contributed by atoms with Gasteiger partial charge in [0.25, 0.3) is 0 Å². The Morgan fingerprint density at radius 2 is 2.25 bits per heavy atom. The highest BCUT2D eigenvalue weighted by Gasteiger charge is 1.89. The first-order valence-electron chi connectivity index (χ1n) is 2.06. The number of carbonyl (C=O) groups is 1. The number of amides is 1. The highest BCUT2D eigenvalue weighted by Crippen LogP contribution is 1.79. The molecule has 0 saturated heterocycles. The zero-order chi connectivity index (χ0) is 6.57. The van der Waals surface area contributed by atoms with Crippen LogP contribution in [0.3, 0.4) is 0 Å². The van der Waals surface area contributed by atoms with Crippen LogP contribution >= 0.6 is 0 Å². The number of aliphatic hydroxyl groups excluding tert-OH is 1. The van der Waals surface area contributed by atoms with E-state index >= 15 is 0 Å². The molecule has 0 heterocycles. The molecule has 0 aromatic rings. The molecule has 0 aromatic heterocycles. The number of primary amides is 1. The average molecular weight is 116 g/mol. The van der Waals surface area contributed by atoms with Crippen LogP contribution in [0.25, 0.3) is 0 Å². The molecule has 1 amide bonds. The van der Waals surface area contributed by atoms with Crippen LogP contribution in [0, 0.1) is 0 Å². The summed E-state index contributed by atoms with van der Waals surface area (Å²) >= 11 is 0. The molecule has 0 spiro atoms. The standard InChI is InChI=1S/C4H8N2O2/c5-2-3(7)1-4(6)8/h1,7H,2,5H2,(H2,6,8)/b3-1-. The van der Waals surface area contributed by atoms with Gasteiger partial charge in [-0.25, -0.2) is 0 Å². The monoisotopic (exact) mass is 116 g/mol. The van der Waals surface area contributed by atoms with E-state index < -0.39 is 5.91 Å². The highest BCUT2D eigenvalue weighted by molar-refractivity contribution is 5.86. The normalized spacial score (nSPS) is 11.4. The number of rotatable bonds is 2. The minimum absolute atomic E-state index is 0.0526. The van der Waals surface area contributed by atoms with Gasteiger partial charge >= 0.3 is 0 Å². The molecule has 5 N–H and O–H groups in total. The fraction of sp³-hybridized carbons (Fsp3) is 0.250. The van der Waals surface area contributed by atoms with Crippen LogP contribution in [0.5, 0.6) is 0 Å². The largest absolute Gasteiger partial charge is 0.511 e. The van der Waals surface area contributed by atoms with E-state index in [9.17, 15) is 4.79 Å². The molecule has 4 nitrogen and oxygen atoms in total. The van der Waals surface area contributed by atoms with Gasteiger partial charge in [0.2, 0.25) is 5.91 Å². The maximum absolute atomic E-state index is 9.90. The zero-order valence-corrected chi connectivity index (χ0v) is 4.29. The number of aliphatic hydroxyl groups is 1. The molecular formula is C4H8N2O2. The van der Waals surface area contributed by atoms with E-state index in [0.29, 0.717) is 0 Å². The Hall–Kier alpha value is -1.03. The van der Waals surface area contributed by atoms with E-state index in [-0.39, 0.29) is 12.3 Å². The van der Waals surface area contributed by atoms with E-state index in [0.717, 1.165) is 6.08 Å². The quantitative estimate of drug-likeness (QED) is 0.315. The SMILES string of the molecule is NC/C(O)=C/C(N)=O. The van der Waals surface area contributed by atoms with Crippen molar-refractivity contribution < 1.29 is 9.90 Å². The molecule has 0 fully saturated rings. The molecule has 0 radical (unpaired) electrons. The van der Waals surface area contributed by atoms with Crippen molar-refractivity contribution in [2.24, 2.45) is 11.5 Å². The maximum atomic E-state index is 9.90. The van der Waals surface area contributed by atoms with Gasteiger partial charge in [-0.15, -0.1) is 0 Å². The van der Waals surface area contributed by atoms with E-state index in [1.807, 2.05) is 0 Å². The maximum Gasteiger partial charge on any atom is 0.244 e. The van der Waals surface area contributed by atoms with Crippen molar-refractivity contribution in [3.63, 3.8) is 0 Å². The van der Waals surface area contributed by atoms with E-state index in [1.165, 1.54) is 0 Å². The van der Waals surface area contributed by atoms with Crippen LogP contribution < -0.4 is 11.5 Å². The van der Waals surface area contributed by atoms with E-state index in [2.05, 4.69) is 5.73 Å². The lowest BCUT2D eigenvalue weighted by Crippen LogP contribution is -2.10. The second kappa shape index (κ2) is 3.04. The van der Waals surface area contributed by atoms with Gasteiger partial charge in [-0.2, -0.15) is 0 Å². The van der Waals surface area contributed by atoms with Gasteiger partial charge < -0.3 is 16.6 Å². The van der Waals surface area contributed by atoms with Gasteiger partial charge in [-0.05, 0) is 0 Å². The molecule has 0 aliphatic heterocycles. The van der Waals surface area contributed by atoms with Gasteiger partial charge in [0.15, 0.2) is 0 Å². The second-order valence-corrected chi connectivity index (χ2v) is 1.24. The molecular weight excluding hydrogens is 108 g/mol. The van der Waals surface area contributed by atoms with Crippen molar-refractivity contribution in [3.8, 4) is 0 Å². The van der Waals surface area contributed by atoms with Gasteiger partial charge in [0.1, 0.15) is 5.76 Å². The molecule has 0 aromatic carbocycles. The predicted octanol–water partition coefficient (Wildman–Crippen LogP) is -1.13. The van der Waals surface area contributed by atoms with Crippen molar-refractivity contribution in [1.82, 2.24) is 0 Å². The summed E-state index contributed by atoms with van der Waals surface area (Å²) < 4.78 is 0. The first kappa shape index (κ1) is 6.97. The summed E-state index contributed by atoms with van der Waals surface area (Å²) in [5.41, 5.74) is 9.53. The van der Waals surface area contributed by atoms with Crippen molar-refractivity contribution >= 4 is 5.91 Å². The smallest absolute Gasteiger partial charge is 0.244 e. The molecule has 0 aliphatic rings. The van der Waals surface area contributed by atoms with E-state index in [4.69, 9.17) is 10.8 Å². The third-order valence-corrected chi connectivity index (χ3v) is 0.518. The van der Waals surface area contributed by atoms with Crippen LogP contribution in [-0.2, 0) is 4.79 Å². The van der Waals surface area contributed by atoms with Crippen LogP contribution in [0.2, 0.25) is 0 Å². The Labute approximate surface area is 46.8 Å². The Balaban J connectivity index is 3.75. The lowest BCUT2D eigenvalue weighted by Gasteiger charge is -1.88. The predicted molar refractivity (Wildman–Crippen MR) is 29.0 cm³/mol. The molecule has 0 rings (SSSR count). The van der Waals surface area contributed by atoms with Crippen molar-refractivity contribution in [3.05, 3.63) is 11.8 Å². The van der Waals surface area contributed by atoms with Crippen LogP contribution in [0.15, 0.2) is 11.8 Å². The molecule has 4 heteroatoms.